The van der Waals surface area contributed by atoms with Crippen LogP contribution in [0.5, 0.6) is 0 Å². The molecule has 166 valence electrons. The molecule has 4 heterocycles. The Hall–Kier alpha value is -2.37. The number of aliphatic carboxylic acids is 1. The Labute approximate surface area is 171 Å². The lowest BCUT2D eigenvalue weighted by Gasteiger charge is -2.31. The summed E-state index contributed by atoms with van der Waals surface area (Å²) in [6.45, 7) is 4.98. The zero-order chi connectivity index (χ0) is 21.6. The first-order chi connectivity index (χ1) is 14.3. The minimum absolute atomic E-state index is 0.182. The molecule has 4 rings (SSSR count). The maximum absolute atomic E-state index is 10.6. The Morgan fingerprint density at radius 3 is 2.83 bits per heavy atom. The van der Waals surface area contributed by atoms with E-state index < -0.39 is 12.1 Å². The summed E-state index contributed by atoms with van der Waals surface area (Å²) in [6.07, 6.45) is 4.58. The van der Waals surface area contributed by atoms with Crippen molar-refractivity contribution in [3.8, 4) is 0 Å². The van der Waals surface area contributed by atoms with Crippen LogP contribution in [0.3, 0.4) is 0 Å². The lowest BCUT2D eigenvalue weighted by molar-refractivity contribution is -0.192. The first-order valence-corrected chi connectivity index (χ1v) is 9.52. The van der Waals surface area contributed by atoms with Crippen molar-refractivity contribution in [2.45, 2.75) is 43.8 Å². The van der Waals surface area contributed by atoms with Gasteiger partial charge in [-0.05, 0) is 25.0 Å². The van der Waals surface area contributed by atoms with Crippen LogP contribution >= 0.6 is 0 Å². The van der Waals surface area contributed by atoms with E-state index in [1.54, 1.807) is 6.26 Å². The summed E-state index contributed by atoms with van der Waals surface area (Å²) < 4.78 is 51.2. The highest BCUT2D eigenvalue weighted by Gasteiger charge is 2.43. The summed E-state index contributed by atoms with van der Waals surface area (Å²) in [4.78, 5) is 11.3. The Bertz CT molecular complexity index is 782. The Morgan fingerprint density at radius 2 is 2.20 bits per heavy atom. The zero-order valence-electron chi connectivity index (χ0n) is 16.3. The van der Waals surface area contributed by atoms with Crippen LogP contribution in [0.2, 0.25) is 0 Å². The first-order valence-electron chi connectivity index (χ1n) is 9.52. The van der Waals surface area contributed by atoms with Crippen molar-refractivity contribution in [2.75, 3.05) is 26.3 Å². The summed E-state index contributed by atoms with van der Waals surface area (Å²) in [7, 11) is 0. The minimum atomic E-state index is -5.08. The van der Waals surface area contributed by atoms with E-state index in [9.17, 15) is 13.2 Å². The van der Waals surface area contributed by atoms with Gasteiger partial charge in [0.05, 0.1) is 38.4 Å². The smallest absolute Gasteiger partial charge is 0.475 e. The van der Waals surface area contributed by atoms with Crippen LogP contribution in [0.4, 0.5) is 13.2 Å². The summed E-state index contributed by atoms with van der Waals surface area (Å²) in [6, 6.07) is 3.97. The third kappa shape index (κ3) is 6.31. The second-order valence-electron chi connectivity index (χ2n) is 7.39. The van der Waals surface area contributed by atoms with Gasteiger partial charge in [-0.2, -0.15) is 18.3 Å². The van der Waals surface area contributed by atoms with Gasteiger partial charge < -0.3 is 19.0 Å². The monoisotopic (exact) mass is 431 g/mol. The van der Waals surface area contributed by atoms with Crippen LogP contribution in [0.15, 0.2) is 41.5 Å². The zero-order valence-corrected chi connectivity index (χ0v) is 16.3. The van der Waals surface area contributed by atoms with E-state index >= 15 is 0 Å². The predicted octanol–water partition coefficient (Wildman–Crippen LogP) is 2.56. The molecule has 2 aromatic rings. The van der Waals surface area contributed by atoms with Gasteiger partial charge in [-0.25, -0.2) is 4.79 Å². The third-order valence-corrected chi connectivity index (χ3v) is 4.95. The number of carbonyl (C=O) groups is 1. The molecule has 2 aliphatic heterocycles. The lowest BCUT2D eigenvalue weighted by Crippen LogP contribution is -2.44. The van der Waals surface area contributed by atoms with E-state index in [1.807, 2.05) is 35.5 Å². The van der Waals surface area contributed by atoms with Crippen LogP contribution in [-0.4, -0.2) is 69.9 Å². The number of alkyl halides is 3. The molecular formula is C19H24F3N3O5. The van der Waals surface area contributed by atoms with E-state index in [4.69, 9.17) is 23.8 Å². The quantitative estimate of drug-likeness (QED) is 0.796. The second-order valence-corrected chi connectivity index (χ2v) is 7.39. The molecule has 1 N–H and O–H groups in total. The standard InChI is InChI=1S/C17H23N3O3.C2HF3O2/c1-5-18-20(6-1)11-16-2-4-17(23-16)13-19(7-9-22-14-17)10-15-3-8-21-12-15;3-2(4,5)1(6)7/h1,3,5-6,8,12,16H,2,4,7,9-11,13-14H2;(H,6,7). The molecule has 2 fully saturated rings. The predicted molar refractivity (Wildman–Crippen MR) is 97.6 cm³/mol. The van der Waals surface area contributed by atoms with Crippen molar-refractivity contribution >= 4 is 5.97 Å². The molecule has 2 aromatic heterocycles. The van der Waals surface area contributed by atoms with Crippen molar-refractivity contribution in [3.05, 3.63) is 42.6 Å². The Morgan fingerprint density at radius 1 is 1.40 bits per heavy atom. The SMILES string of the molecule is O=C(O)C(F)(F)F.c1cnn(CC2CCC3(COCCN(Cc4ccoc4)C3)O2)c1. The second kappa shape index (κ2) is 9.63. The number of aromatic nitrogens is 2. The molecule has 0 aromatic carbocycles. The van der Waals surface area contributed by atoms with Crippen LogP contribution in [0.25, 0.3) is 0 Å². The minimum Gasteiger partial charge on any atom is -0.475 e. The number of ether oxygens (including phenoxy) is 2. The van der Waals surface area contributed by atoms with E-state index in [-0.39, 0.29) is 11.7 Å². The molecule has 2 saturated heterocycles. The fourth-order valence-electron chi connectivity index (χ4n) is 3.62. The van der Waals surface area contributed by atoms with Crippen LogP contribution in [-0.2, 0) is 27.4 Å². The van der Waals surface area contributed by atoms with Crippen molar-refractivity contribution in [1.29, 1.82) is 0 Å². The van der Waals surface area contributed by atoms with E-state index in [2.05, 4.69) is 10.00 Å². The molecule has 11 heteroatoms. The number of furan rings is 1. The molecule has 0 saturated carbocycles. The summed E-state index contributed by atoms with van der Waals surface area (Å²) in [5.41, 5.74) is 1.02. The first kappa shape index (κ1) is 22.3. The molecular weight excluding hydrogens is 407 g/mol. The highest BCUT2D eigenvalue weighted by molar-refractivity contribution is 5.73. The fraction of sp³-hybridized carbons (Fsp3) is 0.579. The van der Waals surface area contributed by atoms with Gasteiger partial charge in [0.1, 0.15) is 5.60 Å². The van der Waals surface area contributed by atoms with Crippen molar-refractivity contribution < 1.29 is 37.0 Å². The number of carboxylic acid groups (broad SMARTS) is 1. The third-order valence-electron chi connectivity index (χ3n) is 4.95. The normalized spacial score (nSPS) is 25.0. The van der Waals surface area contributed by atoms with Gasteiger partial charge in [0.15, 0.2) is 0 Å². The Kier molecular flexibility index (Phi) is 7.16. The molecule has 1 spiro atoms. The summed E-state index contributed by atoms with van der Waals surface area (Å²) >= 11 is 0. The highest BCUT2D eigenvalue weighted by Crippen LogP contribution is 2.34. The maximum Gasteiger partial charge on any atom is 0.490 e. The molecule has 0 amide bonds. The van der Waals surface area contributed by atoms with Gasteiger partial charge in [0.2, 0.25) is 0 Å². The van der Waals surface area contributed by atoms with Gasteiger partial charge in [-0.3, -0.25) is 9.58 Å². The number of halogens is 3. The van der Waals surface area contributed by atoms with Crippen LogP contribution in [0, 0.1) is 0 Å². The molecule has 0 aliphatic carbocycles. The van der Waals surface area contributed by atoms with Gasteiger partial charge in [-0.1, -0.05) is 0 Å². The van der Waals surface area contributed by atoms with Crippen molar-refractivity contribution in [3.63, 3.8) is 0 Å². The van der Waals surface area contributed by atoms with E-state index in [0.29, 0.717) is 6.61 Å². The van der Waals surface area contributed by atoms with Crippen molar-refractivity contribution in [2.24, 2.45) is 0 Å². The van der Waals surface area contributed by atoms with Gasteiger partial charge >= 0.3 is 12.1 Å². The number of rotatable bonds is 4. The average Bonchev–Trinajstić information content (AvgIpc) is 3.40. The Balaban J connectivity index is 0.000000318. The number of carboxylic acids is 1. The molecule has 0 radical (unpaired) electrons. The molecule has 0 bridgehead atoms. The maximum atomic E-state index is 10.6. The number of hydrogen-bond acceptors (Lipinski definition) is 6. The summed E-state index contributed by atoms with van der Waals surface area (Å²) in [5, 5.41) is 11.4. The lowest BCUT2D eigenvalue weighted by atomic mass is 10.00. The van der Waals surface area contributed by atoms with E-state index in [0.717, 1.165) is 45.6 Å². The topological polar surface area (TPSA) is 90.0 Å². The van der Waals surface area contributed by atoms with Gasteiger partial charge in [-0.15, -0.1) is 0 Å². The van der Waals surface area contributed by atoms with Crippen molar-refractivity contribution in [1.82, 2.24) is 14.7 Å². The fourth-order valence-corrected chi connectivity index (χ4v) is 3.62. The molecule has 2 atom stereocenters. The molecule has 2 aliphatic rings. The van der Waals surface area contributed by atoms with E-state index in [1.165, 1.54) is 5.56 Å². The highest BCUT2D eigenvalue weighted by atomic mass is 19.4. The number of nitrogens with zero attached hydrogens (tertiary/aromatic N) is 3. The molecule has 30 heavy (non-hydrogen) atoms. The van der Waals surface area contributed by atoms with Crippen LogP contribution < -0.4 is 0 Å². The van der Waals surface area contributed by atoms with Gasteiger partial charge in [0.25, 0.3) is 0 Å². The largest absolute Gasteiger partial charge is 0.490 e. The average molecular weight is 431 g/mol. The number of hydrogen-bond donors (Lipinski definition) is 1. The van der Waals surface area contributed by atoms with Gasteiger partial charge in [0, 0.05) is 37.6 Å². The molecule has 8 nitrogen and oxygen atoms in total. The van der Waals surface area contributed by atoms with Crippen LogP contribution in [0.1, 0.15) is 18.4 Å². The summed E-state index contributed by atoms with van der Waals surface area (Å²) in [5.74, 6) is -2.76. The molecule has 2 unspecified atom stereocenters.